The van der Waals surface area contributed by atoms with Crippen LogP contribution in [0.2, 0.25) is 0 Å². The van der Waals surface area contributed by atoms with E-state index >= 15 is 0 Å². The highest BCUT2D eigenvalue weighted by molar-refractivity contribution is 5.83. The van der Waals surface area contributed by atoms with Gasteiger partial charge in [-0.2, -0.15) is 0 Å². The van der Waals surface area contributed by atoms with Gasteiger partial charge < -0.3 is 15.4 Å². The minimum Gasteiger partial charge on any atom is -0.469 e. The fourth-order valence-electron chi connectivity index (χ4n) is 3.93. The first-order valence-electron chi connectivity index (χ1n) is 9.13. The molecular weight excluding hydrogens is 348 g/mol. The smallest absolute Gasteiger partial charge is 0.313 e. The van der Waals surface area contributed by atoms with Crippen molar-refractivity contribution < 1.29 is 23.1 Å². The number of ether oxygens (including phenoxy) is 1. The third-order valence-electron chi connectivity index (χ3n) is 5.47. The van der Waals surface area contributed by atoms with E-state index in [9.17, 15) is 18.4 Å². The highest BCUT2D eigenvalue weighted by Crippen LogP contribution is 2.31. The number of nitrogens with one attached hydrogen (secondary N) is 4. The van der Waals surface area contributed by atoms with Gasteiger partial charge in [0.2, 0.25) is 5.91 Å². The van der Waals surface area contributed by atoms with Crippen LogP contribution in [-0.2, 0) is 14.3 Å². The molecule has 6 unspecified atom stereocenters. The zero-order chi connectivity index (χ0) is 18.7. The van der Waals surface area contributed by atoms with E-state index in [0.717, 1.165) is 33.3 Å². The van der Waals surface area contributed by atoms with Gasteiger partial charge in [0.1, 0.15) is 24.3 Å². The summed E-state index contributed by atoms with van der Waals surface area (Å²) in [5, 5.41) is 5.78. The monoisotopic (exact) mass is 375 g/mol. The van der Waals surface area contributed by atoms with Gasteiger partial charge in [-0.15, -0.1) is 0 Å². The van der Waals surface area contributed by atoms with Crippen molar-refractivity contribution in [2.45, 2.75) is 56.3 Å². The molecule has 2 saturated heterocycles. The summed E-state index contributed by atoms with van der Waals surface area (Å²) in [7, 11) is 1.13. The summed E-state index contributed by atoms with van der Waals surface area (Å²) in [5.41, 5.74) is 6.07. The number of carbonyl (C=O) groups excluding carboxylic acids is 2. The Hall–Kier alpha value is -1.36. The fraction of sp³-hybridized carbons (Fsp3) is 0.875. The van der Waals surface area contributed by atoms with Crippen LogP contribution < -0.4 is 21.5 Å². The Kier molecular flexibility index (Phi) is 6.38. The van der Waals surface area contributed by atoms with Gasteiger partial charge in [-0.05, 0) is 25.7 Å². The molecule has 2 aliphatic heterocycles. The lowest BCUT2D eigenvalue weighted by atomic mass is 9.81. The van der Waals surface area contributed by atoms with Crippen molar-refractivity contribution in [3.05, 3.63) is 0 Å². The van der Waals surface area contributed by atoms with Gasteiger partial charge in [-0.3, -0.25) is 14.5 Å². The van der Waals surface area contributed by atoms with Crippen molar-refractivity contribution in [3.63, 3.8) is 0 Å². The van der Waals surface area contributed by atoms with Crippen molar-refractivity contribution in [2.75, 3.05) is 26.9 Å². The predicted octanol–water partition coefficient (Wildman–Crippen LogP) is -0.824. The number of hydrazine groups is 1. The van der Waals surface area contributed by atoms with Crippen LogP contribution in [0.5, 0.6) is 0 Å². The summed E-state index contributed by atoms with van der Waals surface area (Å²) in [6.45, 7) is 2.65. The summed E-state index contributed by atoms with van der Waals surface area (Å²) in [6.07, 6.45) is -1.65. The minimum atomic E-state index is -1.52. The molecule has 0 bridgehead atoms. The Morgan fingerprint density at radius 3 is 2.50 bits per heavy atom. The molecule has 148 valence electrons. The highest BCUT2D eigenvalue weighted by Gasteiger charge is 2.46. The van der Waals surface area contributed by atoms with Crippen LogP contribution in [0.25, 0.3) is 0 Å². The van der Waals surface area contributed by atoms with Crippen LogP contribution >= 0.6 is 0 Å². The molecule has 8 nitrogen and oxygen atoms in total. The average Bonchev–Trinajstić information content (AvgIpc) is 3.19. The van der Waals surface area contributed by atoms with Crippen LogP contribution in [0.4, 0.5) is 8.78 Å². The maximum Gasteiger partial charge on any atom is 0.313 e. The SMILES string of the molecule is COC(=O)C1C(F)CCC(F)C1NC(=O)C1CCC(N2CCNC2)NN1. The van der Waals surface area contributed by atoms with Crippen LogP contribution in [0.1, 0.15) is 25.7 Å². The summed E-state index contributed by atoms with van der Waals surface area (Å²) in [6, 6.07) is -1.77. The number of hydrogen-bond acceptors (Lipinski definition) is 7. The van der Waals surface area contributed by atoms with Gasteiger partial charge >= 0.3 is 5.97 Å². The van der Waals surface area contributed by atoms with Gasteiger partial charge in [0.15, 0.2) is 0 Å². The van der Waals surface area contributed by atoms with Crippen molar-refractivity contribution >= 4 is 11.9 Å². The summed E-state index contributed by atoms with van der Waals surface area (Å²) >= 11 is 0. The number of alkyl halides is 2. The lowest BCUT2D eigenvalue weighted by molar-refractivity contribution is -0.152. The second kappa shape index (κ2) is 8.55. The number of esters is 1. The standard InChI is InChI=1S/C16H27F2N5O3/c1-26-16(25)13-9(17)2-3-10(18)14(13)20-15(24)11-4-5-12(22-21-11)23-7-6-19-8-23/h9-14,19,21-22H,2-8H2,1H3,(H,20,24). The molecule has 3 rings (SSSR count). The van der Waals surface area contributed by atoms with Gasteiger partial charge in [0.05, 0.1) is 19.3 Å². The van der Waals surface area contributed by atoms with E-state index in [2.05, 4.69) is 31.1 Å². The van der Waals surface area contributed by atoms with Crippen LogP contribution in [0.15, 0.2) is 0 Å². The number of carbonyl (C=O) groups is 2. The molecule has 0 spiro atoms. The summed E-state index contributed by atoms with van der Waals surface area (Å²) in [5.74, 6) is -2.58. The molecule has 3 fully saturated rings. The molecule has 1 saturated carbocycles. The number of rotatable bonds is 4. The molecule has 3 aliphatic rings. The third kappa shape index (κ3) is 4.13. The molecular formula is C16H27F2N5O3. The Labute approximate surface area is 151 Å². The molecule has 2 heterocycles. The van der Waals surface area contributed by atoms with E-state index in [0.29, 0.717) is 6.42 Å². The van der Waals surface area contributed by atoms with Crippen LogP contribution in [0.3, 0.4) is 0 Å². The van der Waals surface area contributed by atoms with E-state index in [-0.39, 0.29) is 19.0 Å². The molecule has 26 heavy (non-hydrogen) atoms. The largest absolute Gasteiger partial charge is 0.469 e. The number of amides is 1. The Morgan fingerprint density at radius 2 is 1.88 bits per heavy atom. The number of nitrogens with zero attached hydrogens (tertiary/aromatic N) is 1. The van der Waals surface area contributed by atoms with Gasteiger partial charge in [0.25, 0.3) is 0 Å². The Bertz CT molecular complexity index is 512. The molecule has 4 N–H and O–H groups in total. The first kappa shape index (κ1) is 19.4. The molecule has 10 heteroatoms. The normalized spacial score (nSPS) is 38.7. The lowest BCUT2D eigenvalue weighted by Crippen LogP contribution is -2.64. The zero-order valence-electron chi connectivity index (χ0n) is 14.8. The molecule has 0 radical (unpaired) electrons. The van der Waals surface area contributed by atoms with Gasteiger partial charge in [-0.1, -0.05) is 0 Å². The first-order chi connectivity index (χ1) is 12.5. The van der Waals surface area contributed by atoms with Crippen molar-refractivity contribution in [1.82, 2.24) is 26.4 Å². The quantitative estimate of drug-likeness (QED) is 0.477. The molecule has 1 amide bonds. The van der Waals surface area contributed by atoms with Crippen molar-refractivity contribution in [2.24, 2.45) is 5.92 Å². The van der Waals surface area contributed by atoms with Gasteiger partial charge in [0, 0.05) is 19.8 Å². The van der Waals surface area contributed by atoms with E-state index in [1.165, 1.54) is 0 Å². The Morgan fingerprint density at radius 1 is 1.12 bits per heavy atom. The Balaban J connectivity index is 1.56. The second-order valence-electron chi connectivity index (χ2n) is 7.10. The topological polar surface area (TPSA) is 94.7 Å². The van der Waals surface area contributed by atoms with E-state index in [1.54, 1.807) is 0 Å². The maximum absolute atomic E-state index is 14.3. The average molecular weight is 375 g/mol. The maximum atomic E-state index is 14.3. The van der Waals surface area contributed by atoms with Gasteiger partial charge in [-0.25, -0.2) is 19.6 Å². The first-order valence-corrected chi connectivity index (χ1v) is 9.13. The number of hydrogen-bond donors (Lipinski definition) is 4. The number of methoxy groups -OCH3 is 1. The van der Waals surface area contributed by atoms with E-state index < -0.39 is 42.2 Å². The fourth-order valence-corrected chi connectivity index (χ4v) is 3.93. The molecule has 0 aromatic heterocycles. The van der Waals surface area contributed by atoms with Crippen molar-refractivity contribution in [1.29, 1.82) is 0 Å². The minimum absolute atomic E-state index is 0.0278. The van der Waals surface area contributed by atoms with Crippen LogP contribution in [-0.4, -0.2) is 74.2 Å². The number of halogens is 2. The lowest BCUT2D eigenvalue weighted by Gasteiger charge is -2.38. The summed E-state index contributed by atoms with van der Waals surface area (Å²) < 4.78 is 33.1. The molecule has 1 aliphatic carbocycles. The molecule has 6 atom stereocenters. The van der Waals surface area contributed by atoms with Crippen molar-refractivity contribution in [3.8, 4) is 0 Å². The van der Waals surface area contributed by atoms with E-state index in [4.69, 9.17) is 0 Å². The predicted molar refractivity (Wildman–Crippen MR) is 89.1 cm³/mol. The highest BCUT2D eigenvalue weighted by atomic mass is 19.1. The van der Waals surface area contributed by atoms with Crippen LogP contribution in [0, 0.1) is 5.92 Å². The zero-order valence-corrected chi connectivity index (χ0v) is 14.8. The molecule has 0 aromatic carbocycles. The second-order valence-corrected chi connectivity index (χ2v) is 7.10. The third-order valence-corrected chi connectivity index (χ3v) is 5.47. The molecule has 0 aromatic rings. The summed E-state index contributed by atoms with van der Waals surface area (Å²) in [4.78, 5) is 26.6. The van der Waals surface area contributed by atoms with E-state index in [1.807, 2.05) is 0 Å².